The standard InChI is InChI=1S/C24H35N3O6/c1-17(25-23(31)32-24(2,3)4)14-21(29)26-20(16-28)19(15-18-10-6-5-7-11-18)22(30)33-27-12-8-9-13-27/h5-7,10-11,16-17,19-20H,8-9,12-15H2,1-4H3,(H,25,31)(H,26,29)/t17?,19?,20-/m1/s1. The van der Waals surface area contributed by atoms with Gasteiger partial charge in [0.2, 0.25) is 5.91 Å². The number of nitrogens with zero attached hydrogens (tertiary/aromatic N) is 1. The van der Waals surface area contributed by atoms with Crippen LogP contribution in [0.3, 0.4) is 0 Å². The third-order valence-electron chi connectivity index (χ3n) is 5.05. The maximum Gasteiger partial charge on any atom is 0.407 e. The second-order valence-electron chi connectivity index (χ2n) is 9.32. The summed E-state index contributed by atoms with van der Waals surface area (Å²) in [7, 11) is 0. The van der Waals surface area contributed by atoms with Gasteiger partial charge in [-0.05, 0) is 52.5 Å². The van der Waals surface area contributed by atoms with Crippen LogP contribution in [0.25, 0.3) is 0 Å². The minimum Gasteiger partial charge on any atom is -0.444 e. The molecule has 2 rings (SSSR count). The first-order valence-corrected chi connectivity index (χ1v) is 11.3. The molecule has 2 unspecified atom stereocenters. The molecule has 3 atom stereocenters. The highest BCUT2D eigenvalue weighted by atomic mass is 16.7. The van der Waals surface area contributed by atoms with Gasteiger partial charge in [0, 0.05) is 25.6 Å². The molecule has 1 heterocycles. The Morgan fingerprint density at radius 1 is 1.09 bits per heavy atom. The van der Waals surface area contributed by atoms with Gasteiger partial charge in [0.1, 0.15) is 11.9 Å². The van der Waals surface area contributed by atoms with E-state index in [9.17, 15) is 19.2 Å². The zero-order valence-corrected chi connectivity index (χ0v) is 19.8. The van der Waals surface area contributed by atoms with Gasteiger partial charge >= 0.3 is 12.1 Å². The topological polar surface area (TPSA) is 114 Å². The number of nitrogens with one attached hydrogen (secondary N) is 2. The molecule has 182 valence electrons. The van der Waals surface area contributed by atoms with Crippen LogP contribution in [0.15, 0.2) is 30.3 Å². The molecule has 0 saturated carbocycles. The zero-order chi connectivity index (χ0) is 24.4. The SMILES string of the molecule is CC(CC(=O)N[C@H](C=O)C(Cc1ccccc1)C(=O)ON1CCCC1)NC(=O)OC(C)(C)C. The quantitative estimate of drug-likeness (QED) is 0.514. The minimum absolute atomic E-state index is 0.0805. The van der Waals surface area contributed by atoms with Crippen LogP contribution in [0.1, 0.15) is 52.5 Å². The summed E-state index contributed by atoms with van der Waals surface area (Å²) >= 11 is 0. The molecule has 1 aromatic carbocycles. The third-order valence-corrected chi connectivity index (χ3v) is 5.05. The number of amides is 2. The van der Waals surface area contributed by atoms with E-state index in [1.54, 1.807) is 32.8 Å². The van der Waals surface area contributed by atoms with Crippen molar-refractivity contribution in [1.82, 2.24) is 15.7 Å². The third kappa shape index (κ3) is 9.61. The Bertz CT molecular complexity index is 802. The maximum absolute atomic E-state index is 12.9. The number of aldehydes is 1. The molecule has 0 aliphatic carbocycles. The fraction of sp³-hybridized carbons (Fsp3) is 0.583. The predicted molar refractivity (Wildman–Crippen MR) is 122 cm³/mol. The Morgan fingerprint density at radius 2 is 1.73 bits per heavy atom. The van der Waals surface area contributed by atoms with Crippen molar-refractivity contribution >= 4 is 24.3 Å². The molecule has 33 heavy (non-hydrogen) atoms. The van der Waals surface area contributed by atoms with Gasteiger partial charge in [0.05, 0.1) is 12.0 Å². The lowest BCUT2D eigenvalue weighted by molar-refractivity contribution is -0.191. The molecule has 0 aromatic heterocycles. The summed E-state index contributed by atoms with van der Waals surface area (Å²) < 4.78 is 5.19. The molecule has 9 heteroatoms. The number of benzene rings is 1. The van der Waals surface area contributed by atoms with E-state index in [2.05, 4.69) is 10.6 Å². The Hall–Kier alpha value is -2.94. The van der Waals surface area contributed by atoms with Crippen molar-refractivity contribution in [3.63, 3.8) is 0 Å². The van der Waals surface area contributed by atoms with E-state index in [4.69, 9.17) is 9.57 Å². The number of rotatable bonds is 10. The highest BCUT2D eigenvalue weighted by molar-refractivity contribution is 5.85. The fourth-order valence-corrected chi connectivity index (χ4v) is 3.51. The van der Waals surface area contributed by atoms with Crippen molar-refractivity contribution in [1.29, 1.82) is 0 Å². The maximum atomic E-state index is 12.9. The number of hydroxylamine groups is 2. The highest BCUT2D eigenvalue weighted by Gasteiger charge is 2.33. The molecule has 2 amide bonds. The summed E-state index contributed by atoms with van der Waals surface area (Å²) in [6, 6.07) is 7.66. The molecule has 0 spiro atoms. The summed E-state index contributed by atoms with van der Waals surface area (Å²) in [6.07, 6.45) is 1.96. The molecular weight excluding hydrogens is 426 g/mol. The van der Waals surface area contributed by atoms with E-state index in [-0.39, 0.29) is 12.8 Å². The van der Waals surface area contributed by atoms with Crippen LogP contribution < -0.4 is 10.6 Å². The molecule has 1 fully saturated rings. The molecule has 1 aromatic rings. The van der Waals surface area contributed by atoms with Gasteiger partial charge in [-0.25, -0.2) is 9.59 Å². The van der Waals surface area contributed by atoms with Crippen LogP contribution in [-0.2, 0) is 30.4 Å². The van der Waals surface area contributed by atoms with Gasteiger partial charge < -0.3 is 25.0 Å². The van der Waals surface area contributed by atoms with E-state index >= 15 is 0 Å². The van der Waals surface area contributed by atoms with Gasteiger partial charge in [-0.3, -0.25) is 4.79 Å². The smallest absolute Gasteiger partial charge is 0.407 e. The number of alkyl carbamates (subject to hydrolysis) is 1. The first-order chi connectivity index (χ1) is 15.6. The number of carbonyl (C=O) groups excluding carboxylic acids is 4. The predicted octanol–water partition coefficient (Wildman–Crippen LogP) is 2.39. The van der Waals surface area contributed by atoms with Crippen LogP contribution in [0, 0.1) is 5.92 Å². The van der Waals surface area contributed by atoms with Gasteiger partial charge in [-0.15, -0.1) is 5.06 Å². The number of hydrogen-bond acceptors (Lipinski definition) is 7. The molecular formula is C24H35N3O6. The van der Waals surface area contributed by atoms with Gasteiger partial charge in [-0.1, -0.05) is 30.3 Å². The van der Waals surface area contributed by atoms with E-state index < -0.39 is 41.6 Å². The summed E-state index contributed by atoms with van der Waals surface area (Å²) in [5.74, 6) is -1.91. The summed E-state index contributed by atoms with van der Waals surface area (Å²) in [5.41, 5.74) is 0.191. The van der Waals surface area contributed by atoms with Crippen LogP contribution in [0.5, 0.6) is 0 Å². The Balaban J connectivity index is 2.02. The van der Waals surface area contributed by atoms with Crippen molar-refractivity contribution in [3.05, 3.63) is 35.9 Å². The number of ether oxygens (including phenoxy) is 1. The largest absolute Gasteiger partial charge is 0.444 e. The molecule has 1 aliphatic rings. The van der Waals surface area contributed by atoms with Crippen LogP contribution in [-0.4, -0.2) is 60.1 Å². The first kappa shape index (κ1) is 26.3. The normalized spacial score (nSPS) is 16.8. The first-order valence-electron chi connectivity index (χ1n) is 11.3. The van der Waals surface area contributed by atoms with Crippen LogP contribution in [0.4, 0.5) is 4.79 Å². The van der Waals surface area contributed by atoms with E-state index in [0.29, 0.717) is 19.4 Å². The Kier molecular flexibility index (Phi) is 9.84. The van der Waals surface area contributed by atoms with Crippen molar-refractivity contribution in [2.75, 3.05) is 13.1 Å². The lowest BCUT2D eigenvalue weighted by atomic mass is 9.92. The minimum atomic E-state index is -1.07. The van der Waals surface area contributed by atoms with Crippen molar-refractivity contribution in [2.24, 2.45) is 5.92 Å². The van der Waals surface area contributed by atoms with Crippen molar-refractivity contribution in [3.8, 4) is 0 Å². The van der Waals surface area contributed by atoms with Crippen LogP contribution >= 0.6 is 0 Å². The van der Waals surface area contributed by atoms with Crippen LogP contribution in [0.2, 0.25) is 0 Å². The molecule has 1 saturated heterocycles. The van der Waals surface area contributed by atoms with E-state index in [1.807, 2.05) is 30.3 Å². The Morgan fingerprint density at radius 3 is 2.30 bits per heavy atom. The highest BCUT2D eigenvalue weighted by Crippen LogP contribution is 2.17. The van der Waals surface area contributed by atoms with E-state index in [0.717, 1.165) is 18.4 Å². The Labute approximate surface area is 195 Å². The lowest BCUT2D eigenvalue weighted by Gasteiger charge is -2.25. The molecule has 2 N–H and O–H groups in total. The fourth-order valence-electron chi connectivity index (χ4n) is 3.51. The lowest BCUT2D eigenvalue weighted by Crippen LogP contribution is -2.48. The van der Waals surface area contributed by atoms with Gasteiger partial charge in [-0.2, -0.15) is 0 Å². The summed E-state index contributed by atoms with van der Waals surface area (Å²) in [4.78, 5) is 54.8. The van der Waals surface area contributed by atoms with Gasteiger partial charge in [0.15, 0.2) is 0 Å². The second kappa shape index (κ2) is 12.3. The summed E-state index contributed by atoms with van der Waals surface area (Å²) in [6.45, 7) is 8.18. The van der Waals surface area contributed by atoms with Gasteiger partial charge in [0.25, 0.3) is 0 Å². The second-order valence-corrected chi connectivity index (χ2v) is 9.32. The number of hydrogen-bond donors (Lipinski definition) is 2. The summed E-state index contributed by atoms with van der Waals surface area (Å²) in [5, 5.41) is 6.81. The monoisotopic (exact) mass is 461 g/mol. The molecule has 1 aliphatic heterocycles. The van der Waals surface area contributed by atoms with E-state index in [1.165, 1.54) is 0 Å². The molecule has 0 radical (unpaired) electrons. The average molecular weight is 462 g/mol. The van der Waals surface area contributed by atoms with Crippen molar-refractivity contribution in [2.45, 2.75) is 71.1 Å². The average Bonchev–Trinajstić information content (AvgIpc) is 3.22. The molecule has 9 nitrogen and oxygen atoms in total. The van der Waals surface area contributed by atoms with Crippen molar-refractivity contribution < 1.29 is 28.8 Å². The zero-order valence-electron chi connectivity index (χ0n) is 19.8. The number of carbonyl (C=O) groups is 4. The molecule has 0 bridgehead atoms.